The van der Waals surface area contributed by atoms with E-state index in [0.717, 1.165) is 28.0 Å². The molecule has 2 rings (SSSR count). The van der Waals surface area contributed by atoms with Gasteiger partial charge in [0.05, 0.1) is 0 Å². The number of nitrogens with zero attached hydrogens (tertiary/aromatic N) is 1. The van der Waals surface area contributed by atoms with Gasteiger partial charge in [-0.1, -0.05) is 33.6 Å². The Kier molecular flexibility index (Phi) is 5.75. The van der Waals surface area contributed by atoms with E-state index in [9.17, 15) is 4.79 Å². The van der Waals surface area contributed by atoms with Gasteiger partial charge in [-0.3, -0.25) is 0 Å². The van der Waals surface area contributed by atoms with Crippen molar-refractivity contribution in [2.24, 2.45) is 0 Å². The number of benzene rings is 1. The van der Waals surface area contributed by atoms with Crippen molar-refractivity contribution in [2.45, 2.75) is 45.4 Å². The number of ether oxygens (including phenoxy) is 1. The van der Waals surface area contributed by atoms with Crippen LogP contribution >= 0.6 is 27.5 Å². The Hall–Kier alpha value is -0.780. The van der Waals surface area contributed by atoms with E-state index in [1.165, 1.54) is 0 Å². The van der Waals surface area contributed by atoms with Crippen molar-refractivity contribution in [1.29, 1.82) is 0 Å². The van der Waals surface area contributed by atoms with Gasteiger partial charge < -0.3 is 15.0 Å². The van der Waals surface area contributed by atoms with Crippen LogP contribution in [-0.2, 0) is 11.3 Å². The fraction of sp³-hybridized carbons (Fsp3) is 0.562. The Labute approximate surface area is 145 Å². The third kappa shape index (κ3) is 5.14. The lowest BCUT2D eigenvalue weighted by Gasteiger charge is -2.24. The minimum absolute atomic E-state index is 0.238. The van der Waals surface area contributed by atoms with E-state index in [0.29, 0.717) is 13.1 Å². The summed E-state index contributed by atoms with van der Waals surface area (Å²) >= 11 is 9.61. The Balaban J connectivity index is 1.82. The van der Waals surface area contributed by atoms with Crippen LogP contribution in [0.25, 0.3) is 0 Å². The summed E-state index contributed by atoms with van der Waals surface area (Å²) in [6.45, 7) is 7.73. The zero-order chi connectivity index (χ0) is 16.3. The molecule has 0 spiro atoms. The van der Waals surface area contributed by atoms with Crippen LogP contribution in [0.5, 0.6) is 0 Å². The number of hydrogen-bond donors (Lipinski definition) is 1. The molecular formula is C16H22BrClN2O2. The van der Waals surface area contributed by atoms with E-state index in [1.807, 2.05) is 39.0 Å². The van der Waals surface area contributed by atoms with Crippen LogP contribution in [0.4, 0.5) is 4.79 Å². The van der Waals surface area contributed by atoms with Crippen molar-refractivity contribution >= 4 is 33.6 Å². The highest BCUT2D eigenvalue weighted by Gasteiger charge is 2.29. The van der Waals surface area contributed by atoms with Gasteiger partial charge in [-0.2, -0.15) is 0 Å². The molecular weight excluding hydrogens is 368 g/mol. The summed E-state index contributed by atoms with van der Waals surface area (Å²) in [5.41, 5.74) is 0.605. The fourth-order valence-electron chi connectivity index (χ4n) is 2.34. The average molecular weight is 390 g/mol. The minimum atomic E-state index is -0.451. The van der Waals surface area contributed by atoms with E-state index in [-0.39, 0.29) is 12.1 Å². The number of hydrogen-bond acceptors (Lipinski definition) is 3. The van der Waals surface area contributed by atoms with Gasteiger partial charge in [0.15, 0.2) is 0 Å². The van der Waals surface area contributed by atoms with E-state index < -0.39 is 5.60 Å². The third-order valence-electron chi connectivity index (χ3n) is 3.44. The van der Waals surface area contributed by atoms with Crippen LogP contribution in [0.2, 0.25) is 5.02 Å². The van der Waals surface area contributed by atoms with Crippen LogP contribution in [0.15, 0.2) is 22.7 Å². The fourth-order valence-corrected chi connectivity index (χ4v) is 3.08. The highest BCUT2D eigenvalue weighted by atomic mass is 79.9. The topological polar surface area (TPSA) is 41.6 Å². The molecule has 1 aliphatic rings. The molecule has 0 radical (unpaired) electrons. The monoisotopic (exact) mass is 388 g/mol. The first-order chi connectivity index (χ1) is 10.2. The number of amides is 1. The molecule has 0 aromatic heterocycles. The van der Waals surface area contributed by atoms with Crippen LogP contribution in [0.1, 0.15) is 32.8 Å². The molecule has 1 heterocycles. The van der Waals surface area contributed by atoms with Crippen LogP contribution in [0, 0.1) is 0 Å². The predicted molar refractivity (Wildman–Crippen MR) is 92.2 cm³/mol. The lowest BCUT2D eigenvalue weighted by molar-refractivity contribution is 0.0291. The molecule has 0 aliphatic carbocycles. The first-order valence-electron chi connectivity index (χ1n) is 7.40. The maximum Gasteiger partial charge on any atom is 0.410 e. The van der Waals surface area contributed by atoms with Crippen LogP contribution in [0.3, 0.4) is 0 Å². The van der Waals surface area contributed by atoms with Gasteiger partial charge in [0.25, 0.3) is 0 Å². The maximum atomic E-state index is 12.0. The molecule has 1 atom stereocenters. The summed E-state index contributed by atoms with van der Waals surface area (Å²) in [4.78, 5) is 13.8. The van der Waals surface area contributed by atoms with Crippen molar-refractivity contribution in [3.63, 3.8) is 0 Å². The van der Waals surface area contributed by atoms with E-state index in [1.54, 1.807) is 4.90 Å². The molecule has 0 saturated carbocycles. The second-order valence-electron chi connectivity index (χ2n) is 6.53. The molecule has 1 aliphatic heterocycles. The standard InChI is InChI=1S/C16H22BrClN2O2/c1-16(2,3)22-15(21)20-7-6-13(10-20)19-9-11-4-5-12(17)8-14(11)18/h4-5,8,13,19H,6-7,9-10H2,1-3H3. The van der Waals surface area contributed by atoms with Gasteiger partial charge in [0, 0.05) is 35.2 Å². The number of halogens is 2. The quantitative estimate of drug-likeness (QED) is 0.842. The largest absolute Gasteiger partial charge is 0.444 e. The minimum Gasteiger partial charge on any atom is -0.444 e. The van der Waals surface area contributed by atoms with Gasteiger partial charge >= 0.3 is 6.09 Å². The summed E-state index contributed by atoms with van der Waals surface area (Å²) in [6, 6.07) is 6.14. The Morgan fingerprint density at radius 3 is 2.86 bits per heavy atom. The smallest absolute Gasteiger partial charge is 0.410 e. The van der Waals surface area contributed by atoms with Crippen molar-refractivity contribution in [1.82, 2.24) is 10.2 Å². The van der Waals surface area contributed by atoms with Crippen molar-refractivity contribution in [3.8, 4) is 0 Å². The summed E-state index contributed by atoms with van der Waals surface area (Å²) in [6.07, 6.45) is 0.686. The number of rotatable bonds is 3. The van der Waals surface area contributed by atoms with Crippen molar-refractivity contribution in [3.05, 3.63) is 33.3 Å². The molecule has 1 N–H and O–H groups in total. The number of carbonyl (C=O) groups is 1. The molecule has 1 unspecified atom stereocenters. The van der Waals surface area contributed by atoms with Crippen LogP contribution in [-0.4, -0.2) is 35.7 Å². The van der Waals surface area contributed by atoms with Crippen molar-refractivity contribution in [2.75, 3.05) is 13.1 Å². The van der Waals surface area contributed by atoms with Gasteiger partial charge in [0.1, 0.15) is 5.60 Å². The maximum absolute atomic E-state index is 12.0. The van der Waals surface area contributed by atoms with Gasteiger partial charge in [-0.15, -0.1) is 0 Å². The molecule has 1 aromatic rings. The van der Waals surface area contributed by atoms with E-state index in [2.05, 4.69) is 21.2 Å². The summed E-state index contributed by atoms with van der Waals surface area (Å²) in [5, 5.41) is 4.20. The zero-order valence-electron chi connectivity index (χ0n) is 13.2. The summed E-state index contributed by atoms with van der Waals surface area (Å²) in [5.74, 6) is 0. The Morgan fingerprint density at radius 1 is 1.50 bits per heavy atom. The molecule has 1 amide bonds. The lowest BCUT2D eigenvalue weighted by atomic mass is 10.2. The lowest BCUT2D eigenvalue weighted by Crippen LogP contribution is -2.38. The van der Waals surface area contributed by atoms with E-state index in [4.69, 9.17) is 16.3 Å². The molecule has 4 nitrogen and oxygen atoms in total. The highest BCUT2D eigenvalue weighted by molar-refractivity contribution is 9.10. The predicted octanol–water partition coefficient (Wildman–Crippen LogP) is 4.20. The molecule has 1 fully saturated rings. The van der Waals surface area contributed by atoms with Crippen LogP contribution < -0.4 is 5.32 Å². The van der Waals surface area contributed by atoms with Gasteiger partial charge in [0.2, 0.25) is 0 Å². The molecule has 1 aromatic carbocycles. The first-order valence-corrected chi connectivity index (χ1v) is 8.57. The second-order valence-corrected chi connectivity index (χ2v) is 7.85. The first kappa shape index (κ1) is 17.6. The molecule has 22 heavy (non-hydrogen) atoms. The molecule has 6 heteroatoms. The summed E-state index contributed by atoms with van der Waals surface area (Å²) < 4.78 is 6.37. The molecule has 1 saturated heterocycles. The normalized spacial score (nSPS) is 18.6. The van der Waals surface area contributed by atoms with Gasteiger partial charge in [-0.25, -0.2) is 4.79 Å². The van der Waals surface area contributed by atoms with E-state index >= 15 is 0 Å². The summed E-state index contributed by atoms with van der Waals surface area (Å²) in [7, 11) is 0. The SMILES string of the molecule is CC(C)(C)OC(=O)N1CCC(NCc2ccc(Br)cc2Cl)C1. The second kappa shape index (κ2) is 7.20. The number of nitrogens with one attached hydrogen (secondary N) is 1. The average Bonchev–Trinajstić information content (AvgIpc) is 2.84. The van der Waals surface area contributed by atoms with Gasteiger partial charge in [-0.05, 0) is 44.9 Å². The Bertz CT molecular complexity index is 545. The number of likely N-dealkylation sites (tertiary alicyclic amines) is 1. The Morgan fingerprint density at radius 2 is 2.23 bits per heavy atom. The zero-order valence-corrected chi connectivity index (χ0v) is 15.5. The number of carbonyl (C=O) groups excluding carboxylic acids is 1. The molecule has 122 valence electrons. The third-order valence-corrected chi connectivity index (χ3v) is 4.28. The highest BCUT2D eigenvalue weighted by Crippen LogP contribution is 2.22. The molecule has 0 bridgehead atoms. The van der Waals surface area contributed by atoms with Crippen molar-refractivity contribution < 1.29 is 9.53 Å².